The Kier molecular flexibility index (Phi) is 5.79. The van der Waals surface area contributed by atoms with E-state index in [0.717, 1.165) is 25.1 Å². The fourth-order valence-corrected chi connectivity index (χ4v) is 1.97. The van der Waals surface area contributed by atoms with Crippen LogP contribution in [-0.4, -0.2) is 28.6 Å². The van der Waals surface area contributed by atoms with Crippen LogP contribution >= 0.6 is 0 Å². The molecule has 0 amide bonds. The van der Waals surface area contributed by atoms with Gasteiger partial charge in [0.2, 0.25) is 0 Å². The second-order valence-electron chi connectivity index (χ2n) is 5.41. The van der Waals surface area contributed by atoms with Crippen molar-refractivity contribution in [3.63, 3.8) is 0 Å². The van der Waals surface area contributed by atoms with Crippen LogP contribution in [0.5, 0.6) is 0 Å². The molecule has 102 valence electrons. The molecule has 0 fully saturated rings. The van der Waals surface area contributed by atoms with E-state index in [1.807, 2.05) is 12.1 Å². The fourth-order valence-electron chi connectivity index (χ4n) is 1.97. The van der Waals surface area contributed by atoms with Crippen molar-refractivity contribution in [1.29, 1.82) is 0 Å². The van der Waals surface area contributed by atoms with E-state index < -0.39 is 0 Å². The number of aliphatic hydroxyl groups is 1. The molecular weight excluding hydrogens is 224 g/mol. The Bertz CT molecular complexity index is 346. The summed E-state index contributed by atoms with van der Waals surface area (Å²) in [5.74, 6) is 0. The summed E-state index contributed by atoms with van der Waals surface area (Å²) in [6.07, 6.45) is 1.12. The third-order valence-electron chi connectivity index (χ3n) is 3.43. The number of hydrogen-bond donors (Lipinski definition) is 2. The predicted octanol–water partition coefficient (Wildman–Crippen LogP) is 2.13. The molecule has 1 rings (SSSR count). The van der Waals surface area contributed by atoms with E-state index in [9.17, 15) is 0 Å². The first kappa shape index (κ1) is 15.2. The minimum absolute atomic E-state index is 0.0195. The van der Waals surface area contributed by atoms with Gasteiger partial charge < -0.3 is 10.8 Å². The SMILES string of the molecule is CCCN(Cc1ccc(CO)cc1)C(C)(C)CN. The summed E-state index contributed by atoms with van der Waals surface area (Å²) >= 11 is 0. The molecule has 0 unspecified atom stereocenters. The number of benzene rings is 1. The molecule has 0 heterocycles. The lowest BCUT2D eigenvalue weighted by Crippen LogP contribution is -2.49. The Morgan fingerprint density at radius 3 is 2.17 bits per heavy atom. The van der Waals surface area contributed by atoms with Crippen LogP contribution in [0.25, 0.3) is 0 Å². The number of aliphatic hydroxyl groups excluding tert-OH is 1. The Hall–Kier alpha value is -0.900. The van der Waals surface area contributed by atoms with Crippen molar-refractivity contribution in [1.82, 2.24) is 4.90 Å². The molecule has 0 radical (unpaired) electrons. The van der Waals surface area contributed by atoms with Crippen LogP contribution in [-0.2, 0) is 13.2 Å². The Balaban J connectivity index is 2.76. The largest absolute Gasteiger partial charge is 0.392 e. The van der Waals surface area contributed by atoms with Crippen LogP contribution < -0.4 is 5.73 Å². The van der Waals surface area contributed by atoms with E-state index in [0.29, 0.717) is 6.54 Å². The van der Waals surface area contributed by atoms with E-state index in [-0.39, 0.29) is 12.1 Å². The van der Waals surface area contributed by atoms with Crippen LogP contribution in [0.15, 0.2) is 24.3 Å². The molecule has 0 saturated heterocycles. The van der Waals surface area contributed by atoms with Gasteiger partial charge in [-0.15, -0.1) is 0 Å². The van der Waals surface area contributed by atoms with Gasteiger partial charge >= 0.3 is 0 Å². The average molecular weight is 250 g/mol. The molecule has 3 heteroatoms. The summed E-state index contributed by atoms with van der Waals surface area (Å²) in [7, 11) is 0. The summed E-state index contributed by atoms with van der Waals surface area (Å²) in [5, 5.41) is 9.03. The van der Waals surface area contributed by atoms with E-state index in [1.54, 1.807) is 0 Å². The molecule has 3 nitrogen and oxygen atoms in total. The maximum atomic E-state index is 9.03. The normalized spacial score (nSPS) is 12.1. The van der Waals surface area contributed by atoms with Crippen molar-refractivity contribution >= 4 is 0 Å². The van der Waals surface area contributed by atoms with Gasteiger partial charge in [0.05, 0.1) is 6.61 Å². The first-order valence-electron chi connectivity index (χ1n) is 6.67. The quantitative estimate of drug-likeness (QED) is 0.779. The van der Waals surface area contributed by atoms with Gasteiger partial charge in [0, 0.05) is 18.6 Å². The zero-order valence-corrected chi connectivity index (χ0v) is 11.8. The zero-order chi connectivity index (χ0) is 13.6. The smallest absolute Gasteiger partial charge is 0.0681 e. The van der Waals surface area contributed by atoms with Gasteiger partial charge in [-0.2, -0.15) is 0 Å². The minimum Gasteiger partial charge on any atom is -0.392 e. The van der Waals surface area contributed by atoms with Crippen LogP contribution in [0.4, 0.5) is 0 Å². The summed E-state index contributed by atoms with van der Waals surface area (Å²) in [5.41, 5.74) is 8.10. The lowest BCUT2D eigenvalue weighted by atomic mass is 10.0. The Labute approximate surface area is 111 Å². The molecule has 0 aliphatic carbocycles. The van der Waals surface area contributed by atoms with Crippen LogP contribution in [0, 0.1) is 0 Å². The average Bonchev–Trinajstić information content (AvgIpc) is 2.39. The van der Waals surface area contributed by atoms with Crippen LogP contribution in [0.2, 0.25) is 0 Å². The zero-order valence-electron chi connectivity index (χ0n) is 11.8. The van der Waals surface area contributed by atoms with Crippen LogP contribution in [0.1, 0.15) is 38.3 Å². The van der Waals surface area contributed by atoms with E-state index in [2.05, 4.69) is 37.8 Å². The van der Waals surface area contributed by atoms with Crippen molar-refractivity contribution in [2.45, 2.75) is 45.9 Å². The van der Waals surface area contributed by atoms with E-state index in [4.69, 9.17) is 10.8 Å². The first-order valence-corrected chi connectivity index (χ1v) is 6.67. The molecule has 0 aliphatic rings. The lowest BCUT2D eigenvalue weighted by molar-refractivity contribution is 0.118. The van der Waals surface area contributed by atoms with Gasteiger partial charge in [0.1, 0.15) is 0 Å². The number of nitrogens with zero attached hydrogens (tertiary/aromatic N) is 1. The molecule has 0 atom stereocenters. The molecule has 0 aliphatic heterocycles. The number of rotatable bonds is 7. The highest BCUT2D eigenvalue weighted by Crippen LogP contribution is 2.17. The standard InChI is InChI=1S/C15H26N2O/c1-4-9-17(15(2,3)12-16)10-13-5-7-14(11-18)8-6-13/h5-8,18H,4,9-12,16H2,1-3H3. The van der Waals surface area contributed by atoms with Crippen molar-refractivity contribution in [2.24, 2.45) is 5.73 Å². The predicted molar refractivity (Wildman–Crippen MR) is 76.2 cm³/mol. The van der Waals surface area contributed by atoms with Crippen molar-refractivity contribution in [2.75, 3.05) is 13.1 Å². The summed E-state index contributed by atoms with van der Waals surface area (Å²) in [6.45, 7) is 9.27. The topological polar surface area (TPSA) is 49.5 Å². The van der Waals surface area contributed by atoms with E-state index in [1.165, 1.54) is 5.56 Å². The highest BCUT2D eigenvalue weighted by atomic mass is 16.3. The van der Waals surface area contributed by atoms with E-state index >= 15 is 0 Å². The maximum absolute atomic E-state index is 9.03. The van der Waals surface area contributed by atoms with Gasteiger partial charge in [0.15, 0.2) is 0 Å². The molecule has 1 aromatic rings. The molecule has 1 aromatic carbocycles. The summed E-state index contributed by atoms with van der Waals surface area (Å²) in [4.78, 5) is 2.42. The highest BCUT2D eigenvalue weighted by Gasteiger charge is 2.24. The summed E-state index contributed by atoms with van der Waals surface area (Å²) < 4.78 is 0. The third-order valence-corrected chi connectivity index (χ3v) is 3.43. The molecule has 0 saturated carbocycles. The molecular formula is C15H26N2O. The first-order chi connectivity index (χ1) is 8.53. The maximum Gasteiger partial charge on any atom is 0.0681 e. The van der Waals surface area contributed by atoms with Gasteiger partial charge in [0.25, 0.3) is 0 Å². The van der Waals surface area contributed by atoms with Gasteiger partial charge in [-0.05, 0) is 37.9 Å². The Morgan fingerprint density at radius 1 is 1.17 bits per heavy atom. The van der Waals surface area contributed by atoms with Gasteiger partial charge in [-0.3, -0.25) is 4.90 Å². The molecule has 0 bridgehead atoms. The molecule has 0 aromatic heterocycles. The van der Waals surface area contributed by atoms with Crippen molar-refractivity contribution in [3.05, 3.63) is 35.4 Å². The Morgan fingerprint density at radius 2 is 1.72 bits per heavy atom. The molecule has 0 spiro atoms. The third kappa shape index (κ3) is 4.09. The van der Waals surface area contributed by atoms with Gasteiger partial charge in [-0.25, -0.2) is 0 Å². The fraction of sp³-hybridized carbons (Fsp3) is 0.600. The lowest BCUT2D eigenvalue weighted by Gasteiger charge is -2.37. The summed E-state index contributed by atoms with van der Waals surface area (Å²) in [6, 6.07) is 8.13. The van der Waals surface area contributed by atoms with Crippen LogP contribution in [0.3, 0.4) is 0 Å². The minimum atomic E-state index is 0.0195. The molecule has 18 heavy (non-hydrogen) atoms. The molecule has 3 N–H and O–H groups in total. The second-order valence-corrected chi connectivity index (χ2v) is 5.41. The number of hydrogen-bond acceptors (Lipinski definition) is 3. The highest BCUT2D eigenvalue weighted by molar-refractivity contribution is 5.22. The monoisotopic (exact) mass is 250 g/mol. The van der Waals surface area contributed by atoms with Crippen molar-refractivity contribution < 1.29 is 5.11 Å². The van der Waals surface area contributed by atoms with Gasteiger partial charge in [-0.1, -0.05) is 31.2 Å². The second kappa shape index (κ2) is 6.88. The van der Waals surface area contributed by atoms with Crippen molar-refractivity contribution in [3.8, 4) is 0 Å². The number of nitrogens with two attached hydrogens (primary N) is 1.